The summed E-state index contributed by atoms with van der Waals surface area (Å²) < 4.78 is 5.78. The number of nitrogens with two attached hydrogens (primary N) is 1. The van der Waals surface area contributed by atoms with Gasteiger partial charge in [0, 0.05) is 5.02 Å². The molecule has 0 aliphatic heterocycles. The Morgan fingerprint density at radius 2 is 2.18 bits per heavy atom. The van der Waals surface area contributed by atoms with E-state index in [0.29, 0.717) is 13.2 Å². The Morgan fingerprint density at radius 3 is 2.88 bits per heavy atom. The van der Waals surface area contributed by atoms with Crippen LogP contribution in [-0.2, 0) is 13.0 Å². The van der Waals surface area contributed by atoms with Gasteiger partial charge in [-0.2, -0.15) is 11.3 Å². The number of halogens is 1. The largest absolute Gasteiger partial charge is 0.489 e. The van der Waals surface area contributed by atoms with Crippen LogP contribution in [0.25, 0.3) is 0 Å². The molecule has 4 heteroatoms. The third-order valence-corrected chi connectivity index (χ3v) is 3.38. The van der Waals surface area contributed by atoms with Gasteiger partial charge in [0.15, 0.2) is 0 Å². The number of hydrogen-bond acceptors (Lipinski definition) is 3. The van der Waals surface area contributed by atoms with Crippen LogP contribution in [0.2, 0.25) is 5.02 Å². The van der Waals surface area contributed by atoms with Crippen molar-refractivity contribution in [2.75, 3.05) is 6.54 Å². The third-order valence-electron chi connectivity index (χ3n) is 2.41. The molecule has 0 aliphatic rings. The van der Waals surface area contributed by atoms with E-state index in [9.17, 15) is 0 Å². The molecule has 2 N–H and O–H groups in total. The Hall–Kier alpha value is -1.03. The minimum atomic E-state index is 0.586. The monoisotopic (exact) mass is 267 g/mol. The maximum atomic E-state index is 5.96. The smallest absolute Gasteiger partial charge is 0.123 e. The summed E-state index contributed by atoms with van der Waals surface area (Å²) in [5.74, 6) is 0.867. The third kappa shape index (κ3) is 3.46. The molecule has 0 saturated carbocycles. The quantitative estimate of drug-likeness (QED) is 0.900. The molecule has 0 fully saturated rings. The van der Waals surface area contributed by atoms with Gasteiger partial charge in [-0.1, -0.05) is 11.6 Å². The summed E-state index contributed by atoms with van der Waals surface area (Å²) in [6.45, 7) is 1.18. The van der Waals surface area contributed by atoms with E-state index >= 15 is 0 Å². The Bertz CT molecular complexity index is 470. The van der Waals surface area contributed by atoms with Gasteiger partial charge in [-0.3, -0.25) is 0 Å². The zero-order chi connectivity index (χ0) is 12.1. The second kappa shape index (κ2) is 6.05. The van der Waals surface area contributed by atoms with Crippen LogP contribution in [0.5, 0.6) is 5.75 Å². The van der Waals surface area contributed by atoms with Crippen LogP contribution in [-0.4, -0.2) is 6.54 Å². The molecule has 0 aliphatic carbocycles. The van der Waals surface area contributed by atoms with Gasteiger partial charge in [0.2, 0.25) is 0 Å². The molecule has 90 valence electrons. The standard InChI is InChI=1S/C13H14ClNOS/c14-12-1-2-13(11(7-12)3-5-15)16-8-10-4-6-17-9-10/h1-2,4,6-7,9H,3,5,8,15H2. The van der Waals surface area contributed by atoms with Crippen molar-refractivity contribution in [3.8, 4) is 5.75 Å². The number of ether oxygens (including phenoxy) is 1. The maximum absolute atomic E-state index is 5.96. The van der Waals surface area contributed by atoms with E-state index in [-0.39, 0.29) is 0 Å². The van der Waals surface area contributed by atoms with Crippen molar-refractivity contribution in [1.82, 2.24) is 0 Å². The van der Waals surface area contributed by atoms with E-state index in [1.54, 1.807) is 11.3 Å². The highest BCUT2D eigenvalue weighted by atomic mass is 35.5. The fraction of sp³-hybridized carbons (Fsp3) is 0.231. The Balaban J connectivity index is 2.08. The Morgan fingerprint density at radius 1 is 1.29 bits per heavy atom. The maximum Gasteiger partial charge on any atom is 0.123 e. The molecule has 0 spiro atoms. The molecule has 2 nitrogen and oxygen atoms in total. The van der Waals surface area contributed by atoms with Crippen LogP contribution in [0.3, 0.4) is 0 Å². The highest BCUT2D eigenvalue weighted by Crippen LogP contribution is 2.24. The first-order valence-electron chi connectivity index (χ1n) is 5.42. The predicted octanol–water partition coefficient (Wildman–Crippen LogP) is 3.48. The summed E-state index contributed by atoms with van der Waals surface area (Å²) >= 11 is 7.63. The first-order valence-corrected chi connectivity index (χ1v) is 6.74. The second-order valence-electron chi connectivity index (χ2n) is 3.71. The normalized spacial score (nSPS) is 10.5. The van der Waals surface area contributed by atoms with E-state index in [1.807, 2.05) is 23.6 Å². The SMILES string of the molecule is NCCc1cc(Cl)ccc1OCc1ccsc1. The summed E-state index contributed by atoms with van der Waals surface area (Å²) in [4.78, 5) is 0. The van der Waals surface area contributed by atoms with E-state index in [1.165, 1.54) is 5.56 Å². The molecule has 1 heterocycles. The van der Waals surface area contributed by atoms with Crippen molar-refractivity contribution >= 4 is 22.9 Å². The lowest BCUT2D eigenvalue weighted by Crippen LogP contribution is -2.05. The fourth-order valence-corrected chi connectivity index (χ4v) is 2.42. The molecule has 0 radical (unpaired) electrons. The average Bonchev–Trinajstić information content (AvgIpc) is 2.81. The Kier molecular flexibility index (Phi) is 4.42. The van der Waals surface area contributed by atoms with Crippen molar-refractivity contribution in [3.63, 3.8) is 0 Å². The second-order valence-corrected chi connectivity index (χ2v) is 4.93. The molecule has 0 bridgehead atoms. The van der Waals surface area contributed by atoms with Gasteiger partial charge >= 0.3 is 0 Å². The summed E-state index contributed by atoms with van der Waals surface area (Å²) in [5, 5.41) is 4.84. The molecule has 17 heavy (non-hydrogen) atoms. The van der Waals surface area contributed by atoms with E-state index in [0.717, 1.165) is 22.8 Å². The van der Waals surface area contributed by atoms with Crippen LogP contribution in [0.1, 0.15) is 11.1 Å². The first kappa shape index (κ1) is 12.4. The van der Waals surface area contributed by atoms with Crippen LogP contribution in [0, 0.1) is 0 Å². The zero-order valence-electron chi connectivity index (χ0n) is 9.36. The van der Waals surface area contributed by atoms with Gasteiger partial charge in [-0.15, -0.1) is 0 Å². The summed E-state index contributed by atoms with van der Waals surface area (Å²) in [6, 6.07) is 7.71. The molecular weight excluding hydrogens is 254 g/mol. The zero-order valence-corrected chi connectivity index (χ0v) is 10.9. The van der Waals surface area contributed by atoms with Gasteiger partial charge in [0.1, 0.15) is 12.4 Å². The van der Waals surface area contributed by atoms with Gasteiger partial charge in [0.25, 0.3) is 0 Å². The molecule has 2 rings (SSSR count). The molecule has 0 saturated heterocycles. The molecule has 1 aromatic heterocycles. The number of rotatable bonds is 5. The van der Waals surface area contributed by atoms with Crippen LogP contribution in [0.15, 0.2) is 35.0 Å². The minimum absolute atomic E-state index is 0.586. The minimum Gasteiger partial charge on any atom is -0.489 e. The van der Waals surface area contributed by atoms with Crippen LogP contribution < -0.4 is 10.5 Å². The van der Waals surface area contributed by atoms with E-state index in [4.69, 9.17) is 22.1 Å². The summed E-state index contributed by atoms with van der Waals surface area (Å²) in [7, 11) is 0. The van der Waals surface area contributed by atoms with Crippen LogP contribution >= 0.6 is 22.9 Å². The Labute approximate surface area is 110 Å². The van der Waals surface area contributed by atoms with Crippen LogP contribution in [0.4, 0.5) is 0 Å². The number of benzene rings is 1. The molecule has 0 amide bonds. The van der Waals surface area contributed by atoms with Gasteiger partial charge in [-0.05, 0) is 59.1 Å². The van der Waals surface area contributed by atoms with E-state index < -0.39 is 0 Å². The molecule has 1 aromatic carbocycles. The van der Waals surface area contributed by atoms with Crippen molar-refractivity contribution in [2.24, 2.45) is 5.73 Å². The first-order chi connectivity index (χ1) is 8.29. The van der Waals surface area contributed by atoms with E-state index in [2.05, 4.69) is 11.4 Å². The fourth-order valence-electron chi connectivity index (χ4n) is 1.58. The number of thiophene rings is 1. The summed E-state index contributed by atoms with van der Waals surface area (Å²) in [5.41, 5.74) is 7.82. The van der Waals surface area contributed by atoms with Gasteiger partial charge < -0.3 is 10.5 Å². The average molecular weight is 268 g/mol. The van der Waals surface area contributed by atoms with Gasteiger partial charge in [-0.25, -0.2) is 0 Å². The lowest BCUT2D eigenvalue weighted by Gasteiger charge is -2.10. The van der Waals surface area contributed by atoms with Gasteiger partial charge in [0.05, 0.1) is 0 Å². The molecule has 0 unspecified atom stereocenters. The van der Waals surface area contributed by atoms with Crippen molar-refractivity contribution < 1.29 is 4.74 Å². The lowest BCUT2D eigenvalue weighted by atomic mass is 10.1. The molecular formula is C13H14ClNOS. The number of hydrogen-bond donors (Lipinski definition) is 1. The lowest BCUT2D eigenvalue weighted by molar-refractivity contribution is 0.303. The molecule has 0 atom stereocenters. The van der Waals surface area contributed by atoms with Crippen molar-refractivity contribution in [2.45, 2.75) is 13.0 Å². The highest BCUT2D eigenvalue weighted by molar-refractivity contribution is 7.07. The topological polar surface area (TPSA) is 35.2 Å². The van der Waals surface area contributed by atoms with Crippen molar-refractivity contribution in [1.29, 1.82) is 0 Å². The van der Waals surface area contributed by atoms with Crippen molar-refractivity contribution in [3.05, 3.63) is 51.2 Å². The molecule has 2 aromatic rings. The predicted molar refractivity (Wildman–Crippen MR) is 72.9 cm³/mol. The highest BCUT2D eigenvalue weighted by Gasteiger charge is 2.04. The summed E-state index contributed by atoms with van der Waals surface area (Å²) in [6.07, 6.45) is 0.777.